The van der Waals surface area contributed by atoms with Gasteiger partial charge in [0.2, 0.25) is 5.91 Å². The molecule has 0 heterocycles. The van der Waals surface area contributed by atoms with Gasteiger partial charge in [0, 0.05) is 11.0 Å². The van der Waals surface area contributed by atoms with Gasteiger partial charge in [0.1, 0.15) is 0 Å². The van der Waals surface area contributed by atoms with Crippen LogP contribution in [0.4, 0.5) is 0 Å². The average Bonchev–Trinajstić information content (AvgIpc) is 2.49. The smallest absolute Gasteiger partial charge is 0.224 e. The van der Waals surface area contributed by atoms with Gasteiger partial charge in [-0.2, -0.15) is 0 Å². The Morgan fingerprint density at radius 1 is 1.13 bits per heavy atom. The lowest BCUT2D eigenvalue weighted by Gasteiger charge is -2.14. The van der Waals surface area contributed by atoms with Crippen LogP contribution in [0.2, 0.25) is 0 Å². The average molecular weight is 410 g/mol. The van der Waals surface area contributed by atoms with Gasteiger partial charge in [-0.3, -0.25) is 4.79 Å². The van der Waals surface area contributed by atoms with Gasteiger partial charge in [0.05, 0.1) is 19.6 Å². The van der Waals surface area contributed by atoms with E-state index in [0.29, 0.717) is 37.7 Å². The first-order valence-corrected chi connectivity index (χ1v) is 8.40. The van der Waals surface area contributed by atoms with Gasteiger partial charge in [0.15, 0.2) is 11.5 Å². The van der Waals surface area contributed by atoms with Crippen molar-refractivity contribution < 1.29 is 14.3 Å². The van der Waals surface area contributed by atoms with E-state index in [4.69, 9.17) is 9.47 Å². The molecule has 0 aliphatic rings. The molecule has 0 unspecified atom stereocenters. The van der Waals surface area contributed by atoms with Gasteiger partial charge in [0.25, 0.3) is 0 Å². The SMILES string of the molecule is CCOc1cc(Br)c(CC(=O)NCCCNC)cc1OCC.Cl. The highest BCUT2D eigenvalue weighted by molar-refractivity contribution is 9.10. The molecule has 0 saturated heterocycles. The van der Waals surface area contributed by atoms with Crippen molar-refractivity contribution in [2.24, 2.45) is 0 Å². The maximum Gasteiger partial charge on any atom is 0.224 e. The number of nitrogens with one attached hydrogen (secondary N) is 2. The second kappa shape index (κ2) is 12.4. The summed E-state index contributed by atoms with van der Waals surface area (Å²) in [6.45, 7) is 6.53. The first-order valence-electron chi connectivity index (χ1n) is 7.61. The van der Waals surface area contributed by atoms with Crippen molar-refractivity contribution >= 4 is 34.2 Å². The topological polar surface area (TPSA) is 59.6 Å². The molecule has 1 aromatic carbocycles. The van der Waals surface area contributed by atoms with Crippen LogP contribution >= 0.6 is 28.3 Å². The predicted octanol–water partition coefficient (Wildman–Crippen LogP) is 2.94. The van der Waals surface area contributed by atoms with Crippen LogP contribution in [0, 0.1) is 0 Å². The summed E-state index contributed by atoms with van der Waals surface area (Å²) in [5.41, 5.74) is 0.887. The Morgan fingerprint density at radius 3 is 2.30 bits per heavy atom. The maximum atomic E-state index is 12.0. The van der Waals surface area contributed by atoms with E-state index in [1.54, 1.807) is 0 Å². The Kier molecular flexibility index (Phi) is 11.9. The van der Waals surface area contributed by atoms with Crippen molar-refractivity contribution in [3.05, 3.63) is 22.2 Å². The zero-order chi connectivity index (χ0) is 16.4. The van der Waals surface area contributed by atoms with Crippen molar-refractivity contribution in [1.82, 2.24) is 10.6 Å². The van der Waals surface area contributed by atoms with E-state index in [-0.39, 0.29) is 18.3 Å². The first kappa shape index (κ1) is 22.0. The molecule has 0 aliphatic heterocycles. The summed E-state index contributed by atoms with van der Waals surface area (Å²) in [6, 6.07) is 3.73. The molecule has 1 rings (SSSR count). The molecule has 132 valence electrons. The molecule has 0 saturated carbocycles. The standard InChI is InChI=1S/C16H25BrN2O3.ClH/c1-4-21-14-9-12(13(17)11-15(14)22-5-2)10-16(20)19-8-6-7-18-3;/h9,11,18H,4-8,10H2,1-3H3,(H,19,20);1H. The van der Waals surface area contributed by atoms with E-state index in [1.807, 2.05) is 33.0 Å². The second-order valence-corrected chi connectivity index (χ2v) is 5.59. The first-order chi connectivity index (χ1) is 10.6. The van der Waals surface area contributed by atoms with Crippen LogP contribution in [-0.4, -0.2) is 39.3 Å². The third-order valence-corrected chi connectivity index (χ3v) is 3.73. The largest absolute Gasteiger partial charge is 0.490 e. The lowest BCUT2D eigenvalue weighted by atomic mass is 10.1. The number of ether oxygens (including phenoxy) is 2. The third-order valence-electron chi connectivity index (χ3n) is 2.99. The highest BCUT2D eigenvalue weighted by Gasteiger charge is 2.13. The number of halogens is 2. The molecule has 1 amide bonds. The van der Waals surface area contributed by atoms with E-state index in [2.05, 4.69) is 26.6 Å². The maximum absolute atomic E-state index is 12.0. The second-order valence-electron chi connectivity index (χ2n) is 4.74. The van der Waals surface area contributed by atoms with E-state index in [1.165, 1.54) is 0 Å². The van der Waals surface area contributed by atoms with Crippen molar-refractivity contribution in [3.8, 4) is 11.5 Å². The molecule has 0 aliphatic carbocycles. The quantitative estimate of drug-likeness (QED) is 0.583. The highest BCUT2D eigenvalue weighted by Crippen LogP contribution is 2.34. The summed E-state index contributed by atoms with van der Waals surface area (Å²) in [6.07, 6.45) is 1.23. The summed E-state index contributed by atoms with van der Waals surface area (Å²) in [4.78, 5) is 12.0. The predicted molar refractivity (Wildman–Crippen MR) is 99.0 cm³/mol. The lowest BCUT2D eigenvalue weighted by molar-refractivity contribution is -0.120. The van der Waals surface area contributed by atoms with Crippen LogP contribution in [0.3, 0.4) is 0 Å². The Balaban J connectivity index is 0.00000484. The summed E-state index contributed by atoms with van der Waals surface area (Å²) in [7, 11) is 1.90. The lowest BCUT2D eigenvalue weighted by Crippen LogP contribution is -2.28. The van der Waals surface area contributed by atoms with Crippen molar-refractivity contribution in [1.29, 1.82) is 0 Å². The van der Waals surface area contributed by atoms with Crippen LogP contribution in [-0.2, 0) is 11.2 Å². The van der Waals surface area contributed by atoms with Gasteiger partial charge in [-0.05, 0) is 51.6 Å². The molecular formula is C16H26BrClN2O3. The van der Waals surface area contributed by atoms with Crippen LogP contribution in [0.5, 0.6) is 11.5 Å². The molecule has 0 spiro atoms. The summed E-state index contributed by atoms with van der Waals surface area (Å²) in [5.74, 6) is 1.36. The number of carbonyl (C=O) groups excluding carboxylic acids is 1. The van der Waals surface area contributed by atoms with E-state index < -0.39 is 0 Å². The molecular weight excluding hydrogens is 384 g/mol. The molecule has 23 heavy (non-hydrogen) atoms. The molecule has 0 radical (unpaired) electrons. The van der Waals surface area contributed by atoms with E-state index >= 15 is 0 Å². The Bertz CT molecular complexity index is 487. The Hall–Kier alpha value is -0.980. The minimum absolute atomic E-state index is 0. The van der Waals surface area contributed by atoms with Gasteiger partial charge in [-0.1, -0.05) is 15.9 Å². The van der Waals surface area contributed by atoms with Crippen molar-refractivity contribution in [2.45, 2.75) is 26.7 Å². The normalized spacial score (nSPS) is 9.91. The van der Waals surface area contributed by atoms with E-state index in [9.17, 15) is 4.79 Å². The Morgan fingerprint density at radius 2 is 1.74 bits per heavy atom. The number of hydrogen-bond donors (Lipinski definition) is 2. The van der Waals surface area contributed by atoms with Gasteiger partial charge in [-0.15, -0.1) is 12.4 Å². The van der Waals surface area contributed by atoms with Crippen molar-refractivity contribution in [2.75, 3.05) is 33.4 Å². The fraction of sp³-hybridized carbons (Fsp3) is 0.562. The number of rotatable bonds is 10. The number of benzene rings is 1. The Labute approximate surface area is 153 Å². The van der Waals surface area contributed by atoms with Crippen LogP contribution in [0.25, 0.3) is 0 Å². The zero-order valence-electron chi connectivity index (χ0n) is 13.9. The number of carbonyl (C=O) groups is 1. The molecule has 1 aromatic rings. The summed E-state index contributed by atoms with van der Waals surface area (Å²) < 4.78 is 12.0. The van der Waals surface area contributed by atoms with Crippen LogP contribution < -0.4 is 20.1 Å². The van der Waals surface area contributed by atoms with E-state index in [0.717, 1.165) is 23.0 Å². The third kappa shape index (κ3) is 7.90. The summed E-state index contributed by atoms with van der Waals surface area (Å²) >= 11 is 3.50. The molecule has 0 atom stereocenters. The van der Waals surface area contributed by atoms with Gasteiger partial charge >= 0.3 is 0 Å². The minimum atomic E-state index is 0. The molecule has 0 aromatic heterocycles. The molecule has 2 N–H and O–H groups in total. The molecule has 0 fully saturated rings. The van der Waals surface area contributed by atoms with Gasteiger partial charge in [-0.25, -0.2) is 0 Å². The number of hydrogen-bond acceptors (Lipinski definition) is 4. The fourth-order valence-corrected chi connectivity index (χ4v) is 2.44. The monoisotopic (exact) mass is 408 g/mol. The van der Waals surface area contributed by atoms with Crippen LogP contribution in [0.15, 0.2) is 16.6 Å². The summed E-state index contributed by atoms with van der Waals surface area (Å²) in [5, 5.41) is 5.96. The number of amides is 1. The molecule has 5 nitrogen and oxygen atoms in total. The van der Waals surface area contributed by atoms with Gasteiger partial charge < -0.3 is 20.1 Å². The zero-order valence-corrected chi connectivity index (χ0v) is 16.3. The fourth-order valence-electron chi connectivity index (χ4n) is 1.98. The van der Waals surface area contributed by atoms with Crippen molar-refractivity contribution in [3.63, 3.8) is 0 Å². The molecule has 0 bridgehead atoms. The minimum Gasteiger partial charge on any atom is -0.490 e. The molecule has 7 heteroatoms. The highest BCUT2D eigenvalue weighted by atomic mass is 79.9. The van der Waals surface area contributed by atoms with Crippen LogP contribution in [0.1, 0.15) is 25.8 Å².